The minimum Gasteiger partial charge on any atom is -0.472 e. The molecule has 0 aromatic carbocycles. The Morgan fingerprint density at radius 1 is 1.43 bits per heavy atom. The molecule has 1 amide bonds. The van der Waals surface area contributed by atoms with Gasteiger partial charge in [0.15, 0.2) is 0 Å². The maximum Gasteiger partial charge on any atom is 0.223 e. The van der Waals surface area contributed by atoms with Gasteiger partial charge in [-0.25, -0.2) is 0 Å². The van der Waals surface area contributed by atoms with E-state index in [-0.39, 0.29) is 16.7 Å². The van der Waals surface area contributed by atoms with Crippen LogP contribution in [0.3, 0.4) is 0 Å². The molecule has 4 atom stereocenters. The number of hydrogen-bond acceptors (Lipinski definition) is 2. The molecule has 3 rings (SSSR count). The topological polar surface area (TPSA) is 56.2 Å². The predicted molar refractivity (Wildman–Crippen MR) is 91.6 cm³/mol. The van der Waals surface area contributed by atoms with Crippen molar-refractivity contribution in [3.63, 3.8) is 0 Å². The van der Waals surface area contributed by atoms with E-state index in [4.69, 9.17) is 10.2 Å². The Morgan fingerprint density at radius 2 is 2.22 bits per heavy atom. The Morgan fingerprint density at radius 3 is 2.87 bits per heavy atom. The molecule has 0 saturated heterocycles. The fraction of sp³-hybridized carbons (Fsp3) is 0.650. The Bertz CT molecular complexity index is 591. The van der Waals surface area contributed by atoms with E-state index < -0.39 is 0 Å². The summed E-state index contributed by atoms with van der Waals surface area (Å²) in [7, 11) is 0. The molecule has 0 aliphatic heterocycles. The van der Waals surface area contributed by atoms with Crippen molar-refractivity contribution in [2.75, 3.05) is 0 Å². The molecule has 0 spiro atoms. The summed E-state index contributed by atoms with van der Waals surface area (Å²) in [6.45, 7) is 8.86. The van der Waals surface area contributed by atoms with E-state index >= 15 is 0 Å². The molecule has 2 aliphatic rings. The summed E-state index contributed by atoms with van der Waals surface area (Å²) < 4.78 is 5.19. The van der Waals surface area contributed by atoms with E-state index in [9.17, 15) is 4.79 Å². The number of fused-ring (bicyclic) bond motifs is 1. The fourth-order valence-corrected chi connectivity index (χ4v) is 5.52. The van der Waals surface area contributed by atoms with Crippen molar-refractivity contribution in [3.8, 4) is 0 Å². The number of allylic oxidation sites excluding steroid dienone is 1. The summed E-state index contributed by atoms with van der Waals surface area (Å²) in [6, 6.07) is 2.04. The molecule has 1 heterocycles. The van der Waals surface area contributed by atoms with Crippen molar-refractivity contribution in [2.24, 2.45) is 28.4 Å². The highest BCUT2D eigenvalue weighted by Gasteiger charge is 2.56. The first-order chi connectivity index (χ1) is 10.9. The normalized spacial score (nSPS) is 37.4. The minimum absolute atomic E-state index is 0.116. The Labute approximate surface area is 139 Å². The van der Waals surface area contributed by atoms with Gasteiger partial charge < -0.3 is 10.2 Å². The quantitative estimate of drug-likeness (QED) is 0.833. The maximum absolute atomic E-state index is 12.2. The fourth-order valence-electron chi connectivity index (χ4n) is 5.52. The number of aryl methyl sites for hydroxylation is 1. The monoisotopic (exact) mass is 315 g/mol. The van der Waals surface area contributed by atoms with Gasteiger partial charge in [0.1, 0.15) is 0 Å². The number of nitrogens with two attached hydrogens (primary N) is 1. The molecule has 0 radical (unpaired) electrons. The summed E-state index contributed by atoms with van der Waals surface area (Å²) in [5.74, 6) is 0.728. The van der Waals surface area contributed by atoms with Crippen molar-refractivity contribution in [1.82, 2.24) is 0 Å². The Balaban J connectivity index is 1.86. The smallest absolute Gasteiger partial charge is 0.223 e. The van der Waals surface area contributed by atoms with Gasteiger partial charge in [0, 0.05) is 5.41 Å². The van der Waals surface area contributed by atoms with E-state index in [1.807, 2.05) is 12.3 Å². The average Bonchev–Trinajstić information content (AvgIpc) is 2.99. The van der Waals surface area contributed by atoms with Gasteiger partial charge in [-0.3, -0.25) is 4.79 Å². The lowest BCUT2D eigenvalue weighted by Crippen LogP contribution is -2.55. The zero-order chi connectivity index (χ0) is 16.7. The first-order valence-corrected chi connectivity index (χ1v) is 8.86. The maximum atomic E-state index is 12.2. The highest BCUT2D eigenvalue weighted by Crippen LogP contribution is 2.61. The summed E-state index contributed by atoms with van der Waals surface area (Å²) in [5.41, 5.74) is 8.21. The average molecular weight is 315 g/mol. The van der Waals surface area contributed by atoms with Gasteiger partial charge in [0.05, 0.1) is 12.5 Å². The third-order valence-corrected chi connectivity index (χ3v) is 6.88. The summed E-state index contributed by atoms with van der Waals surface area (Å²) in [6.07, 6.45) is 10.9. The molecule has 0 bridgehead atoms. The minimum atomic E-state index is -0.360. The molecular formula is C20H29NO2. The number of hydrogen-bond donors (Lipinski definition) is 1. The van der Waals surface area contributed by atoms with Crippen LogP contribution in [0, 0.1) is 22.7 Å². The number of carbonyl (C=O) groups excluding carboxylic acids is 1. The predicted octanol–water partition coefficient (Wildman–Crippen LogP) is 4.48. The number of primary amides is 1. The molecule has 3 nitrogen and oxygen atoms in total. The van der Waals surface area contributed by atoms with Gasteiger partial charge in [-0.1, -0.05) is 32.4 Å². The molecule has 1 aromatic heterocycles. The van der Waals surface area contributed by atoms with E-state index in [0.717, 1.165) is 38.5 Å². The standard InChI is InChI=1S/C20H29NO2/c1-14-5-8-17-19(2,10-4-11-20(17,3)18(21)22)16(14)7-6-15-9-12-23-13-15/h9,12-13,16-17H,1,4-8,10-11H2,2-3H3,(H2,21,22)/t16-,17-,19+,20-/m0/s1. The van der Waals surface area contributed by atoms with Crippen LogP contribution in [0.1, 0.15) is 57.9 Å². The molecule has 0 unspecified atom stereocenters. The highest BCUT2D eigenvalue weighted by atomic mass is 16.3. The lowest BCUT2D eigenvalue weighted by Gasteiger charge is -2.57. The molecule has 2 N–H and O–H groups in total. The van der Waals surface area contributed by atoms with Crippen molar-refractivity contribution < 1.29 is 9.21 Å². The van der Waals surface area contributed by atoms with E-state index in [2.05, 4.69) is 20.4 Å². The molecule has 23 heavy (non-hydrogen) atoms. The van der Waals surface area contributed by atoms with Crippen molar-refractivity contribution in [2.45, 2.75) is 58.8 Å². The molecular weight excluding hydrogens is 286 g/mol. The van der Waals surface area contributed by atoms with Gasteiger partial charge >= 0.3 is 0 Å². The van der Waals surface area contributed by atoms with Gasteiger partial charge in [-0.2, -0.15) is 0 Å². The first-order valence-electron chi connectivity index (χ1n) is 8.86. The van der Waals surface area contributed by atoms with E-state index in [1.165, 1.54) is 17.6 Å². The number of furan rings is 1. The van der Waals surface area contributed by atoms with Crippen LogP contribution in [-0.2, 0) is 11.2 Å². The van der Waals surface area contributed by atoms with Crippen LogP contribution in [0.5, 0.6) is 0 Å². The molecule has 3 heteroatoms. The molecule has 126 valence electrons. The molecule has 2 saturated carbocycles. The number of carbonyl (C=O) groups is 1. The van der Waals surface area contributed by atoms with Crippen LogP contribution in [0.15, 0.2) is 35.2 Å². The second kappa shape index (κ2) is 5.85. The van der Waals surface area contributed by atoms with Crippen LogP contribution in [0.25, 0.3) is 0 Å². The Kier molecular flexibility index (Phi) is 4.16. The first kappa shape index (κ1) is 16.4. The van der Waals surface area contributed by atoms with Gasteiger partial charge in [0.2, 0.25) is 5.91 Å². The summed E-state index contributed by atoms with van der Waals surface area (Å²) in [4.78, 5) is 12.2. The van der Waals surface area contributed by atoms with Crippen LogP contribution in [-0.4, -0.2) is 5.91 Å². The van der Waals surface area contributed by atoms with E-state index in [0.29, 0.717) is 11.8 Å². The highest BCUT2D eigenvalue weighted by molar-refractivity contribution is 5.81. The third kappa shape index (κ3) is 2.64. The number of amides is 1. The van der Waals surface area contributed by atoms with Gasteiger partial charge in [0.25, 0.3) is 0 Å². The summed E-state index contributed by atoms with van der Waals surface area (Å²) >= 11 is 0. The SMILES string of the molecule is C=C1CC[C@H]2[C@](C)(CCC[C@]2(C)C(N)=O)[C@H]1CCc1ccoc1. The largest absolute Gasteiger partial charge is 0.472 e. The van der Waals surface area contributed by atoms with Crippen LogP contribution in [0.2, 0.25) is 0 Å². The van der Waals surface area contributed by atoms with Crippen molar-refractivity contribution >= 4 is 5.91 Å². The van der Waals surface area contributed by atoms with Crippen LogP contribution < -0.4 is 5.73 Å². The zero-order valence-electron chi connectivity index (χ0n) is 14.4. The molecule has 2 aliphatic carbocycles. The van der Waals surface area contributed by atoms with Crippen LogP contribution >= 0.6 is 0 Å². The zero-order valence-corrected chi connectivity index (χ0v) is 14.4. The van der Waals surface area contributed by atoms with Crippen molar-refractivity contribution in [1.29, 1.82) is 0 Å². The second-order valence-electron chi connectivity index (χ2n) is 8.11. The summed E-state index contributed by atoms with van der Waals surface area (Å²) in [5, 5.41) is 0. The van der Waals surface area contributed by atoms with Crippen molar-refractivity contribution in [3.05, 3.63) is 36.3 Å². The van der Waals surface area contributed by atoms with Gasteiger partial charge in [-0.15, -0.1) is 0 Å². The lowest BCUT2D eigenvalue weighted by molar-refractivity contribution is -0.142. The van der Waals surface area contributed by atoms with E-state index in [1.54, 1.807) is 6.26 Å². The third-order valence-electron chi connectivity index (χ3n) is 6.88. The molecule has 2 fully saturated rings. The number of rotatable bonds is 4. The Hall–Kier alpha value is -1.51. The van der Waals surface area contributed by atoms with Gasteiger partial charge in [-0.05, 0) is 67.4 Å². The second-order valence-corrected chi connectivity index (χ2v) is 8.11. The molecule has 1 aromatic rings. The lowest BCUT2D eigenvalue weighted by atomic mass is 9.46. The van der Waals surface area contributed by atoms with Crippen LogP contribution in [0.4, 0.5) is 0 Å².